The summed E-state index contributed by atoms with van der Waals surface area (Å²) in [5.74, 6) is 0.244. The Labute approximate surface area is 116 Å². The van der Waals surface area contributed by atoms with Crippen molar-refractivity contribution in [3.63, 3.8) is 0 Å². The summed E-state index contributed by atoms with van der Waals surface area (Å²) in [5.41, 5.74) is 5.17. The number of benzene rings is 1. The van der Waals surface area contributed by atoms with Crippen molar-refractivity contribution in [2.24, 2.45) is 0 Å². The molecule has 3 heteroatoms. The number of rotatable bonds is 3. The number of carbonyl (C=O) groups excluding carboxylic acids is 1. The lowest BCUT2D eigenvalue weighted by Crippen LogP contribution is -2.54. The first-order valence-electron chi connectivity index (χ1n) is 7.11. The topological polar surface area (TPSA) is 32.3 Å². The van der Waals surface area contributed by atoms with Crippen molar-refractivity contribution in [2.45, 2.75) is 46.7 Å². The van der Waals surface area contributed by atoms with Crippen LogP contribution < -0.4 is 5.32 Å². The highest BCUT2D eigenvalue weighted by atomic mass is 16.2. The molecular weight excluding hydrogens is 236 g/mol. The second-order valence-corrected chi connectivity index (χ2v) is 5.55. The molecule has 1 fully saturated rings. The van der Waals surface area contributed by atoms with Crippen molar-refractivity contribution in [3.05, 3.63) is 34.4 Å². The molecule has 1 aliphatic heterocycles. The summed E-state index contributed by atoms with van der Waals surface area (Å²) in [5, 5.41) is 3.28. The molecule has 1 heterocycles. The van der Waals surface area contributed by atoms with Gasteiger partial charge in [0.05, 0.1) is 6.04 Å². The first kappa shape index (κ1) is 14.1. The summed E-state index contributed by atoms with van der Waals surface area (Å²) in [6, 6.07) is 4.40. The highest BCUT2D eigenvalue weighted by molar-refractivity contribution is 5.82. The van der Waals surface area contributed by atoms with Crippen LogP contribution >= 0.6 is 0 Å². The van der Waals surface area contributed by atoms with Crippen molar-refractivity contribution in [2.75, 3.05) is 13.1 Å². The molecule has 1 N–H and O–H groups in total. The number of nitrogens with one attached hydrogen (secondary N) is 1. The van der Waals surface area contributed by atoms with Crippen molar-refractivity contribution in [3.8, 4) is 0 Å². The van der Waals surface area contributed by atoms with Crippen LogP contribution in [0, 0.1) is 20.8 Å². The first-order valence-corrected chi connectivity index (χ1v) is 7.11. The van der Waals surface area contributed by atoms with Gasteiger partial charge in [-0.25, -0.2) is 0 Å². The quantitative estimate of drug-likeness (QED) is 0.904. The van der Waals surface area contributed by atoms with Gasteiger partial charge < -0.3 is 10.2 Å². The van der Waals surface area contributed by atoms with Crippen molar-refractivity contribution in [1.82, 2.24) is 10.2 Å². The zero-order valence-electron chi connectivity index (χ0n) is 12.4. The Bertz CT molecular complexity index is 459. The van der Waals surface area contributed by atoms with Gasteiger partial charge in [0.2, 0.25) is 5.91 Å². The van der Waals surface area contributed by atoms with Gasteiger partial charge in [-0.15, -0.1) is 0 Å². The Hall–Kier alpha value is -1.35. The fourth-order valence-corrected chi connectivity index (χ4v) is 2.92. The smallest absolute Gasteiger partial charge is 0.240 e. The molecule has 19 heavy (non-hydrogen) atoms. The first-order chi connectivity index (χ1) is 9.02. The Morgan fingerprint density at radius 1 is 1.26 bits per heavy atom. The average molecular weight is 260 g/mol. The third-order valence-electron chi connectivity index (χ3n) is 3.98. The van der Waals surface area contributed by atoms with E-state index in [1.54, 1.807) is 0 Å². The molecule has 2 rings (SSSR count). The number of aryl methyl sites for hydroxylation is 3. The SMILES string of the molecule is CCC1NCCN(Cc2c(C)cc(C)cc2C)C1=O. The van der Waals surface area contributed by atoms with Gasteiger partial charge in [-0.05, 0) is 43.9 Å². The van der Waals surface area contributed by atoms with Crippen LogP contribution in [0.15, 0.2) is 12.1 Å². The maximum atomic E-state index is 12.3. The lowest BCUT2D eigenvalue weighted by Gasteiger charge is -2.33. The molecule has 3 nitrogen and oxygen atoms in total. The van der Waals surface area contributed by atoms with Gasteiger partial charge in [0, 0.05) is 19.6 Å². The molecule has 1 aliphatic rings. The van der Waals surface area contributed by atoms with Crippen LogP contribution in [0.5, 0.6) is 0 Å². The van der Waals surface area contributed by atoms with Crippen LogP contribution in [0.3, 0.4) is 0 Å². The molecule has 1 atom stereocenters. The summed E-state index contributed by atoms with van der Waals surface area (Å²) in [6.45, 7) is 10.9. The summed E-state index contributed by atoms with van der Waals surface area (Å²) in [7, 11) is 0. The summed E-state index contributed by atoms with van der Waals surface area (Å²) in [4.78, 5) is 14.3. The Kier molecular flexibility index (Phi) is 4.25. The second kappa shape index (κ2) is 5.74. The highest BCUT2D eigenvalue weighted by Crippen LogP contribution is 2.19. The monoisotopic (exact) mass is 260 g/mol. The van der Waals surface area contributed by atoms with Gasteiger partial charge in [0.25, 0.3) is 0 Å². The minimum absolute atomic E-state index is 0.000175. The molecule has 0 spiro atoms. The molecule has 1 unspecified atom stereocenters. The minimum atomic E-state index is -0.000175. The van der Waals surface area contributed by atoms with E-state index in [1.165, 1.54) is 22.3 Å². The Morgan fingerprint density at radius 2 is 1.89 bits per heavy atom. The number of piperazine rings is 1. The lowest BCUT2D eigenvalue weighted by atomic mass is 9.98. The molecule has 0 aliphatic carbocycles. The number of hydrogen-bond donors (Lipinski definition) is 1. The minimum Gasteiger partial charge on any atom is -0.336 e. The van der Waals surface area contributed by atoms with E-state index in [4.69, 9.17) is 0 Å². The van der Waals surface area contributed by atoms with Crippen molar-refractivity contribution >= 4 is 5.91 Å². The van der Waals surface area contributed by atoms with Crippen LogP contribution in [0.4, 0.5) is 0 Å². The molecule has 0 aromatic heterocycles. The zero-order chi connectivity index (χ0) is 14.0. The fourth-order valence-electron chi connectivity index (χ4n) is 2.92. The number of amides is 1. The summed E-state index contributed by atoms with van der Waals surface area (Å²) < 4.78 is 0. The van der Waals surface area contributed by atoms with Crippen LogP contribution in [-0.4, -0.2) is 29.9 Å². The maximum absolute atomic E-state index is 12.3. The van der Waals surface area contributed by atoms with Gasteiger partial charge >= 0.3 is 0 Å². The molecule has 1 amide bonds. The largest absolute Gasteiger partial charge is 0.336 e. The van der Waals surface area contributed by atoms with Gasteiger partial charge in [-0.3, -0.25) is 4.79 Å². The Balaban J connectivity index is 2.19. The number of nitrogens with zero attached hydrogens (tertiary/aromatic N) is 1. The summed E-state index contributed by atoms with van der Waals surface area (Å²) in [6.07, 6.45) is 0.862. The molecule has 1 aromatic carbocycles. The van der Waals surface area contributed by atoms with Gasteiger partial charge in [-0.1, -0.05) is 24.6 Å². The second-order valence-electron chi connectivity index (χ2n) is 5.55. The predicted octanol–water partition coefficient (Wildman–Crippen LogP) is 2.32. The molecule has 1 aromatic rings. The van der Waals surface area contributed by atoms with E-state index in [1.807, 2.05) is 4.90 Å². The Morgan fingerprint density at radius 3 is 2.47 bits per heavy atom. The predicted molar refractivity (Wildman–Crippen MR) is 78.2 cm³/mol. The van der Waals surface area contributed by atoms with Crippen LogP contribution in [0.25, 0.3) is 0 Å². The van der Waals surface area contributed by atoms with E-state index in [9.17, 15) is 4.79 Å². The van der Waals surface area contributed by atoms with Gasteiger partial charge in [-0.2, -0.15) is 0 Å². The van der Waals surface area contributed by atoms with E-state index in [0.29, 0.717) is 0 Å². The van der Waals surface area contributed by atoms with E-state index in [-0.39, 0.29) is 11.9 Å². The molecule has 0 radical (unpaired) electrons. The average Bonchev–Trinajstić information content (AvgIpc) is 2.35. The van der Waals surface area contributed by atoms with Gasteiger partial charge in [0.15, 0.2) is 0 Å². The fraction of sp³-hybridized carbons (Fsp3) is 0.562. The van der Waals surface area contributed by atoms with Crippen molar-refractivity contribution in [1.29, 1.82) is 0 Å². The lowest BCUT2D eigenvalue weighted by molar-refractivity contribution is -0.136. The normalized spacial score (nSPS) is 19.9. The third kappa shape index (κ3) is 2.98. The molecule has 1 saturated heterocycles. The van der Waals surface area contributed by atoms with Crippen molar-refractivity contribution < 1.29 is 4.79 Å². The molecular formula is C16H24N2O. The van der Waals surface area contributed by atoms with E-state index in [0.717, 1.165) is 26.1 Å². The van der Waals surface area contributed by atoms with E-state index in [2.05, 4.69) is 45.1 Å². The number of hydrogen-bond acceptors (Lipinski definition) is 2. The molecule has 104 valence electrons. The standard InChI is InChI=1S/C16H24N2O/c1-5-15-16(19)18(7-6-17-15)10-14-12(3)8-11(2)9-13(14)4/h8-9,15,17H,5-7,10H2,1-4H3. The van der Waals surface area contributed by atoms with Crippen LogP contribution in [0.2, 0.25) is 0 Å². The van der Waals surface area contributed by atoms with E-state index >= 15 is 0 Å². The van der Waals surface area contributed by atoms with E-state index < -0.39 is 0 Å². The number of carbonyl (C=O) groups is 1. The summed E-state index contributed by atoms with van der Waals surface area (Å²) >= 11 is 0. The molecule has 0 saturated carbocycles. The maximum Gasteiger partial charge on any atom is 0.240 e. The zero-order valence-corrected chi connectivity index (χ0v) is 12.4. The third-order valence-corrected chi connectivity index (χ3v) is 3.98. The molecule has 0 bridgehead atoms. The van der Waals surface area contributed by atoms with Crippen LogP contribution in [0.1, 0.15) is 35.6 Å². The highest BCUT2D eigenvalue weighted by Gasteiger charge is 2.27. The van der Waals surface area contributed by atoms with Gasteiger partial charge in [0.1, 0.15) is 0 Å². The van der Waals surface area contributed by atoms with Crippen LogP contribution in [-0.2, 0) is 11.3 Å².